The summed E-state index contributed by atoms with van der Waals surface area (Å²) in [6.07, 6.45) is 12.8. The lowest BCUT2D eigenvalue weighted by molar-refractivity contribution is 0.555. The Morgan fingerprint density at radius 1 is 0.812 bits per heavy atom. The average molecular weight is 261 g/mol. The van der Waals surface area contributed by atoms with E-state index in [0.717, 1.165) is 0 Å². The molecule has 0 aromatic heterocycles. The number of thioether (sulfide) groups is 2. The molecule has 0 aromatic rings. The van der Waals surface area contributed by atoms with E-state index in [9.17, 15) is 0 Å². The molecule has 0 nitrogen and oxygen atoms in total. The van der Waals surface area contributed by atoms with Gasteiger partial charge in [0.15, 0.2) is 0 Å². The largest absolute Gasteiger partial charge is 0.144 e. The Morgan fingerprint density at radius 2 is 1.31 bits per heavy atom. The average Bonchev–Trinajstić information content (AvgIpc) is 2.31. The van der Waals surface area contributed by atoms with Crippen LogP contribution in [0.15, 0.2) is 0 Å². The zero-order chi connectivity index (χ0) is 11.7. The predicted octanol–water partition coefficient (Wildman–Crippen LogP) is 5.71. The van der Waals surface area contributed by atoms with Gasteiger partial charge in [-0.1, -0.05) is 52.4 Å². The Labute approximate surface area is 111 Å². The zero-order valence-electron chi connectivity index (χ0n) is 11.1. The van der Waals surface area contributed by atoms with Crippen molar-refractivity contribution in [1.29, 1.82) is 0 Å². The van der Waals surface area contributed by atoms with Crippen LogP contribution >= 0.6 is 23.5 Å². The number of hydrogen-bond donors (Lipinski definition) is 0. The number of hydrogen-bond acceptors (Lipinski definition) is 2. The van der Waals surface area contributed by atoms with E-state index in [1.807, 2.05) is 0 Å². The van der Waals surface area contributed by atoms with Gasteiger partial charge in [-0.3, -0.25) is 0 Å². The monoisotopic (exact) mass is 260 g/mol. The fourth-order valence-electron chi connectivity index (χ4n) is 2.32. The minimum atomic E-state index is 0.614. The topological polar surface area (TPSA) is 0 Å². The quantitative estimate of drug-likeness (QED) is 0.512. The summed E-state index contributed by atoms with van der Waals surface area (Å²) in [5.41, 5.74) is 0. The maximum absolute atomic E-state index is 2.31. The molecule has 0 N–H and O–H groups in total. The Balaban J connectivity index is 2.33. The third-order valence-electron chi connectivity index (χ3n) is 3.34. The Kier molecular flexibility index (Phi) is 8.06. The molecule has 96 valence electrons. The summed E-state index contributed by atoms with van der Waals surface area (Å²) in [6, 6.07) is 0. The maximum Gasteiger partial charge on any atom is 0.0611 e. The first-order chi connectivity index (χ1) is 7.83. The van der Waals surface area contributed by atoms with Gasteiger partial charge in [0.2, 0.25) is 0 Å². The standard InChI is InChI=1S/C14H28S2/c1-3-5-7-10-14(11-8-6-4-2)15-12-9-13-16-14/h3-13H2,1-2H3. The van der Waals surface area contributed by atoms with Gasteiger partial charge in [-0.25, -0.2) is 0 Å². The fourth-order valence-corrected chi connectivity index (χ4v) is 5.81. The molecule has 0 aliphatic carbocycles. The van der Waals surface area contributed by atoms with Crippen molar-refractivity contribution in [1.82, 2.24) is 0 Å². The van der Waals surface area contributed by atoms with Crippen molar-refractivity contribution in [3.8, 4) is 0 Å². The lowest BCUT2D eigenvalue weighted by atomic mass is 10.1. The van der Waals surface area contributed by atoms with Crippen molar-refractivity contribution in [2.75, 3.05) is 11.5 Å². The first kappa shape index (κ1) is 14.8. The highest BCUT2D eigenvalue weighted by molar-refractivity contribution is 8.18. The molecule has 0 atom stereocenters. The van der Waals surface area contributed by atoms with Crippen LogP contribution in [0.4, 0.5) is 0 Å². The molecule has 0 aromatic carbocycles. The second-order valence-electron chi connectivity index (χ2n) is 4.88. The molecule has 1 aliphatic heterocycles. The van der Waals surface area contributed by atoms with Gasteiger partial charge in [-0.15, -0.1) is 23.5 Å². The molecule has 1 fully saturated rings. The van der Waals surface area contributed by atoms with Crippen LogP contribution in [0.1, 0.15) is 71.6 Å². The van der Waals surface area contributed by atoms with E-state index in [2.05, 4.69) is 37.4 Å². The minimum Gasteiger partial charge on any atom is -0.144 e. The van der Waals surface area contributed by atoms with Crippen LogP contribution in [0.2, 0.25) is 0 Å². The molecule has 0 amide bonds. The molecule has 0 saturated carbocycles. The summed E-state index contributed by atoms with van der Waals surface area (Å²) >= 11 is 4.55. The van der Waals surface area contributed by atoms with Crippen LogP contribution in [0.5, 0.6) is 0 Å². The van der Waals surface area contributed by atoms with Gasteiger partial charge < -0.3 is 0 Å². The molecule has 0 spiro atoms. The zero-order valence-corrected chi connectivity index (χ0v) is 12.7. The number of rotatable bonds is 8. The summed E-state index contributed by atoms with van der Waals surface area (Å²) in [7, 11) is 0. The molecule has 1 heterocycles. The molecule has 0 unspecified atom stereocenters. The molecule has 1 rings (SSSR count). The van der Waals surface area contributed by atoms with Gasteiger partial charge in [0.1, 0.15) is 0 Å². The van der Waals surface area contributed by atoms with E-state index >= 15 is 0 Å². The molecule has 0 bridgehead atoms. The van der Waals surface area contributed by atoms with Gasteiger partial charge in [-0.2, -0.15) is 0 Å². The van der Waals surface area contributed by atoms with E-state index in [1.165, 1.54) is 69.3 Å². The highest BCUT2D eigenvalue weighted by Gasteiger charge is 2.32. The summed E-state index contributed by atoms with van der Waals surface area (Å²) in [6.45, 7) is 4.62. The molecule has 2 heteroatoms. The third kappa shape index (κ3) is 5.35. The maximum atomic E-state index is 2.31. The van der Waals surface area contributed by atoms with E-state index in [4.69, 9.17) is 0 Å². The summed E-state index contributed by atoms with van der Waals surface area (Å²) < 4.78 is 0.614. The van der Waals surface area contributed by atoms with Crippen molar-refractivity contribution in [3.05, 3.63) is 0 Å². The molecular formula is C14H28S2. The van der Waals surface area contributed by atoms with Crippen molar-refractivity contribution in [2.24, 2.45) is 0 Å². The first-order valence-corrected chi connectivity index (χ1v) is 9.08. The fraction of sp³-hybridized carbons (Fsp3) is 1.00. The lowest BCUT2D eigenvalue weighted by Crippen LogP contribution is -2.25. The van der Waals surface area contributed by atoms with Crippen LogP contribution in [0.25, 0.3) is 0 Å². The van der Waals surface area contributed by atoms with Crippen molar-refractivity contribution >= 4 is 23.5 Å². The molecule has 16 heavy (non-hydrogen) atoms. The van der Waals surface area contributed by atoms with Crippen molar-refractivity contribution in [2.45, 2.75) is 75.7 Å². The highest BCUT2D eigenvalue weighted by Crippen LogP contribution is 2.49. The van der Waals surface area contributed by atoms with Crippen LogP contribution in [0.3, 0.4) is 0 Å². The number of unbranched alkanes of at least 4 members (excludes halogenated alkanes) is 4. The Hall–Kier alpha value is 0.700. The van der Waals surface area contributed by atoms with Gasteiger partial charge in [0, 0.05) is 0 Å². The predicted molar refractivity (Wildman–Crippen MR) is 80.5 cm³/mol. The second-order valence-corrected chi connectivity index (χ2v) is 8.09. The smallest absolute Gasteiger partial charge is 0.0611 e. The van der Waals surface area contributed by atoms with Crippen molar-refractivity contribution < 1.29 is 0 Å². The molecular weight excluding hydrogens is 232 g/mol. The lowest BCUT2D eigenvalue weighted by Gasteiger charge is -2.36. The van der Waals surface area contributed by atoms with E-state index in [0.29, 0.717) is 4.08 Å². The van der Waals surface area contributed by atoms with Crippen molar-refractivity contribution in [3.63, 3.8) is 0 Å². The first-order valence-electron chi connectivity index (χ1n) is 7.11. The Morgan fingerprint density at radius 3 is 1.75 bits per heavy atom. The second kappa shape index (κ2) is 8.74. The molecule has 1 saturated heterocycles. The normalized spacial score (nSPS) is 19.9. The van der Waals surface area contributed by atoms with Crippen LogP contribution in [-0.2, 0) is 0 Å². The summed E-state index contributed by atoms with van der Waals surface area (Å²) in [5, 5.41) is 0. The van der Waals surface area contributed by atoms with E-state index in [-0.39, 0.29) is 0 Å². The van der Waals surface area contributed by atoms with Gasteiger partial charge in [0.25, 0.3) is 0 Å². The van der Waals surface area contributed by atoms with Crippen LogP contribution in [0, 0.1) is 0 Å². The summed E-state index contributed by atoms with van der Waals surface area (Å²) in [4.78, 5) is 0. The van der Waals surface area contributed by atoms with Crippen LogP contribution in [-0.4, -0.2) is 15.6 Å². The van der Waals surface area contributed by atoms with Crippen LogP contribution < -0.4 is 0 Å². The van der Waals surface area contributed by atoms with E-state index < -0.39 is 0 Å². The van der Waals surface area contributed by atoms with Gasteiger partial charge in [0.05, 0.1) is 4.08 Å². The molecule has 0 radical (unpaired) electrons. The summed E-state index contributed by atoms with van der Waals surface area (Å²) in [5.74, 6) is 2.82. The molecule has 1 aliphatic rings. The minimum absolute atomic E-state index is 0.614. The van der Waals surface area contributed by atoms with Gasteiger partial charge in [-0.05, 0) is 30.8 Å². The Bertz CT molecular complexity index is 150. The third-order valence-corrected chi connectivity index (χ3v) is 6.90. The highest BCUT2D eigenvalue weighted by atomic mass is 32.2. The van der Waals surface area contributed by atoms with Gasteiger partial charge >= 0.3 is 0 Å². The van der Waals surface area contributed by atoms with E-state index in [1.54, 1.807) is 0 Å². The SMILES string of the molecule is CCCCCC1(CCCCC)SCCCS1.